The normalized spacial score (nSPS) is 19.5. The molecule has 4 heteroatoms. The minimum absolute atomic E-state index is 0.0998. The highest BCUT2D eigenvalue weighted by Gasteiger charge is 2.26. The zero-order chi connectivity index (χ0) is 15.9. The van der Waals surface area contributed by atoms with Gasteiger partial charge in [-0.15, -0.1) is 0 Å². The van der Waals surface area contributed by atoms with E-state index in [1.54, 1.807) is 0 Å². The first-order valence-corrected chi connectivity index (χ1v) is 7.78. The summed E-state index contributed by atoms with van der Waals surface area (Å²) >= 11 is 0. The van der Waals surface area contributed by atoms with E-state index in [0.717, 1.165) is 11.1 Å². The van der Waals surface area contributed by atoms with Gasteiger partial charge in [-0.3, -0.25) is 14.9 Å². The molecule has 0 aliphatic carbocycles. The Morgan fingerprint density at radius 3 is 2.68 bits per heavy atom. The Hall–Kier alpha value is -2.10. The van der Waals surface area contributed by atoms with E-state index in [1.165, 1.54) is 5.56 Å². The van der Waals surface area contributed by atoms with Crippen LogP contribution in [0.15, 0.2) is 30.6 Å². The number of aromatic nitrogens is 1. The van der Waals surface area contributed by atoms with Gasteiger partial charge in [-0.25, -0.2) is 0 Å². The molecule has 1 aliphatic rings. The molecule has 1 saturated heterocycles. The quantitative estimate of drug-likeness (QED) is 0.867. The van der Waals surface area contributed by atoms with Gasteiger partial charge < -0.3 is 4.40 Å². The van der Waals surface area contributed by atoms with Gasteiger partial charge in [0.1, 0.15) is 0 Å². The van der Waals surface area contributed by atoms with Gasteiger partial charge in [0.2, 0.25) is 11.8 Å². The van der Waals surface area contributed by atoms with Gasteiger partial charge in [-0.2, -0.15) is 0 Å². The standard InChI is InChI=1S/C18H22N2O2/c1-18(2,3)14-5-6-15-9-12(10-20(15)11-14)8-13-4-7-16(21)19-17(13)22/h5-6,9-11,13H,4,7-8H2,1-3H3,(H,19,21,22). The van der Waals surface area contributed by atoms with Gasteiger partial charge in [0, 0.05) is 30.2 Å². The number of rotatable bonds is 2. The molecule has 4 nitrogen and oxygen atoms in total. The van der Waals surface area contributed by atoms with E-state index in [-0.39, 0.29) is 23.1 Å². The summed E-state index contributed by atoms with van der Waals surface area (Å²) in [5.74, 6) is -0.391. The Balaban J connectivity index is 1.83. The molecule has 22 heavy (non-hydrogen) atoms. The predicted molar refractivity (Wildman–Crippen MR) is 85.7 cm³/mol. The summed E-state index contributed by atoms with van der Waals surface area (Å²) in [6, 6.07) is 6.40. The maximum atomic E-state index is 11.9. The van der Waals surface area contributed by atoms with Crippen molar-refractivity contribution >= 4 is 17.3 Å². The van der Waals surface area contributed by atoms with E-state index in [2.05, 4.69) is 61.1 Å². The number of nitrogens with one attached hydrogen (secondary N) is 1. The van der Waals surface area contributed by atoms with Crippen molar-refractivity contribution in [3.8, 4) is 0 Å². The molecule has 116 valence electrons. The van der Waals surface area contributed by atoms with Crippen LogP contribution in [0, 0.1) is 5.92 Å². The lowest BCUT2D eigenvalue weighted by Gasteiger charge is -2.20. The highest BCUT2D eigenvalue weighted by Crippen LogP contribution is 2.25. The SMILES string of the molecule is CC(C)(C)c1ccc2cc(CC3CCC(=O)NC3=O)cn2c1. The van der Waals surface area contributed by atoms with Crippen LogP contribution in [0.1, 0.15) is 44.7 Å². The molecular weight excluding hydrogens is 276 g/mol. The first-order valence-electron chi connectivity index (χ1n) is 7.78. The molecule has 0 aromatic carbocycles. The molecule has 1 N–H and O–H groups in total. The number of carbonyl (C=O) groups excluding carboxylic acids is 2. The number of hydrogen-bond donors (Lipinski definition) is 1. The zero-order valence-electron chi connectivity index (χ0n) is 13.3. The van der Waals surface area contributed by atoms with Gasteiger partial charge in [0.15, 0.2) is 0 Å². The van der Waals surface area contributed by atoms with Crippen molar-refractivity contribution in [3.05, 3.63) is 41.7 Å². The fourth-order valence-electron chi connectivity index (χ4n) is 2.94. The van der Waals surface area contributed by atoms with Crippen molar-refractivity contribution in [2.24, 2.45) is 5.92 Å². The maximum absolute atomic E-state index is 11.9. The largest absolute Gasteiger partial charge is 0.323 e. The minimum Gasteiger partial charge on any atom is -0.323 e. The van der Waals surface area contributed by atoms with Crippen molar-refractivity contribution in [1.29, 1.82) is 0 Å². The maximum Gasteiger partial charge on any atom is 0.230 e. The third kappa shape index (κ3) is 2.91. The highest BCUT2D eigenvalue weighted by atomic mass is 16.2. The minimum atomic E-state index is -0.155. The summed E-state index contributed by atoms with van der Waals surface area (Å²) in [5.41, 5.74) is 3.67. The number of amides is 2. The summed E-state index contributed by atoms with van der Waals surface area (Å²) in [7, 11) is 0. The Bertz CT molecular complexity index is 737. The average molecular weight is 298 g/mol. The van der Waals surface area contributed by atoms with Crippen LogP contribution in [-0.4, -0.2) is 16.2 Å². The average Bonchev–Trinajstić information content (AvgIpc) is 2.82. The summed E-state index contributed by atoms with van der Waals surface area (Å²) in [6.07, 6.45) is 6.02. The van der Waals surface area contributed by atoms with Gasteiger partial charge in [0.05, 0.1) is 0 Å². The zero-order valence-corrected chi connectivity index (χ0v) is 13.3. The molecule has 0 radical (unpaired) electrons. The second-order valence-electron chi connectivity index (χ2n) is 7.20. The predicted octanol–water partition coefficient (Wildman–Crippen LogP) is 2.83. The number of nitrogens with zero attached hydrogens (tertiary/aromatic N) is 1. The fraction of sp³-hybridized carbons (Fsp3) is 0.444. The molecule has 1 aliphatic heterocycles. The molecule has 1 unspecified atom stereocenters. The van der Waals surface area contributed by atoms with Crippen LogP contribution in [0.2, 0.25) is 0 Å². The summed E-state index contributed by atoms with van der Waals surface area (Å²) in [6.45, 7) is 6.59. The second kappa shape index (κ2) is 5.27. The smallest absolute Gasteiger partial charge is 0.230 e. The Labute approximate surface area is 130 Å². The molecule has 3 heterocycles. The topological polar surface area (TPSA) is 50.6 Å². The lowest BCUT2D eigenvalue weighted by atomic mass is 9.88. The number of pyridine rings is 1. The van der Waals surface area contributed by atoms with Crippen molar-refractivity contribution in [1.82, 2.24) is 9.72 Å². The van der Waals surface area contributed by atoms with Crippen LogP contribution in [0.5, 0.6) is 0 Å². The number of imide groups is 1. The van der Waals surface area contributed by atoms with Crippen molar-refractivity contribution in [2.45, 2.75) is 45.4 Å². The van der Waals surface area contributed by atoms with E-state index in [1.807, 2.05) is 0 Å². The summed E-state index contributed by atoms with van der Waals surface area (Å²) in [4.78, 5) is 23.1. The highest BCUT2D eigenvalue weighted by molar-refractivity contribution is 5.98. The molecule has 0 spiro atoms. The number of fused-ring (bicyclic) bond motifs is 1. The molecule has 0 bridgehead atoms. The summed E-state index contributed by atoms with van der Waals surface area (Å²) in [5, 5.41) is 2.43. The van der Waals surface area contributed by atoms with E-state index < -0.39 is 0 Å². The summed E-state index contributed by atoms with van der Waals surface area (Å²) < 4.78 is 2.13. The first kappa shape index (κ1) is 14.8. The number of carbonyl (C=O) groups is 2. The van der Waals surface area contributed by atoms with Crippen LogP contribution in [0.3, 0.4) is 0 Å². The molecule has 1 atom stereocenters. The lowest BCUT2D eigenvalue weighted by Crippen LogP contribution is -2.41. The molecule has 2 amide bonds. The van der Waals surface area contributed by atoms with Crippen LogP contribution in [0.4, 0.5) is 0 Å². The molecule has 3 rings (SSSR count). The van der Waals surface area contributed by atoms with E-state index in [4.69, 9.17) is 0 Å². The van der Waals surface area contributed by atoms with Crippen LogP contribution < -0.4 is 5.32 Å². The van der Waals surface area contributed by atoms with Crippen molar-refractivity contribution in [3.63, 3.8) is 0 Å². The number of hydrogen-bond acceptors (Lipinski definition) is 2. The molecule has 1 fully saturated rings. The second-order valence-corrected chi connectivity index (χ2v) is 7.20. The number of piperidine rings is 1. The van der Waals surface area contributed by atoms with E-state index in [0.29, 0.717) is 19.3 Å². The molecule has 2 aromatic rings. The molecule has 2 aromatic heterocycles. The lowest BCUT2D eigenvalue weighted by molar-refractivity contribution is -0.136. The third-order valence-corrected chi connectivity index (χ3v) is 4.35. The van der Waals surface area contributed by atoms with Gasteiger partial charge in [-0.1, -0.05) is 26.8 Å². The van der Waals surface area contributed by atoms with Gasteiger partial charge in [0.25, 0.3) is 0 Å². The molecule has 0 saturated carbocycles. The third-order valence-electron chi connectivity index (χ3n) is 4.35. The fourth-order valence-corrected chi connectivity index (χ4v) is 2.94. The first-order chi connectivity index (χ1) is 10.3. The van der Waals surface area contributed by atoms with Crippen LogP contribution >= 0.6 is 0 Å². The van der Waals surface area contributed by atoms with Crippen molar-refractivity contribution in [2.75, 3.05) is 0 Å². The van der Waals surface area contributed by atoms with Gasteiger partial charge in [-0.05, 0) is 41.5 Å². The monoisotopic (exact) mass is 298 g/mol. The van der Waals surface area contributed by atoms with Crippen molar-refractivity contribution < 1.29 is 9.59 Å². The van der Waals surface area contributed by atoms with E-state index in [9.17, 15) is 9.59 Å². The van der Waals surface area contributed by atoms with Crippen LogP contribution in [-0.2, 0) is 21.4 Å². The van der Waals surface area contributed by atoms with Gasteiger partial charge >= 0.3 is 0 Å². The van der Waals surface area contributed by atoms with Crippen LogP contribution in [0.25, 0.3) is 5.52 Å². The Kier molecular flexibility index (Phi) is 3.55. The Morgan fingerprint density at radius 1 is 1.23 bits per heavy atom. The Morgan fingerprint density at radius 2 is 2.00 bits per heavy atom. The van der Waals surface area contributed by atoms with E-state index >= 15 is 0 Å². The molecular formula is C18H22N2O2.